The molecule has 0 spiro atoms. The van der Waals surface area contributed by atoms with E-state index in [4.69, 9.17) is 18.9 Å². The second-order valence-electron chi connectivity index (χ2n) is 6.65. The molecule has 1 amide bonds. The fraction of sp³-hybridized carbons (Fsp3) is 0.167. The van der Waals surface area contributed by atoms with Gasteiger partial charge in [0.2, 0.25) is 6.79 Å². The molecule has 1 heterocycles. The topological polar surface area (TPSA) is 78.4 Å². The molecule has 3 aromatic rings. The van der Waals surface area contributed by atoms with Gasteiger partial charge >= 0.3 is 0 Å². The zero-order valence-electron chi connectivity index (χ0n) is 17.0. The SMILES string of the molecule is CCOc1cc2c(cc1/C=N\NC(=O)COc1ccc(-c3ccccc3)cc1)OCO2. The molecule has 0 aromatic heterocycles. The molecular weight excluding hydrogens is 396 g/mol. The highest BCUT2D eigenvalue weighted by Crippen LogP contribution is 2.37. The average Bonchev–Trinajstić information content (AvgIpc) is 3.26. The number of hydrazone groups is 1. The lowest BCUT2D eigenvalue weighted by molar-refractivity contribution is -0.123. The summed E-state index contributed by atoms with van der Waals surface area (Å²) in [5, 5.41) is 4.00. The summed E-state index contributed by atoms with van der Waals surface area (Å²) in [7, 11) is 0. The number of carbonyl (C=O) groups is 1. The van der Waals surface area contributed by atoms with Gasteiger partial charge in [0, 0.05) is 11.6 Å². The van der Waals surface area contributed by atoms with Crippen LogP contribution >= 0.6 is 0 Å². The number of ether oxygens (including phenoxy) is 4. The molecule has 7 heteroatoms. The lowest BCUT2D eigenvalue weighted by Crippen LogP contribution is -2.24. The van der Waals surface area contributed by atoms with Crippen LogP contribution in [0.5, 0.6) is 23.0 Å². The molecule has 4 rings (SSSR count). The molecular formula is C24H22N2O5. The van der Waals surface area contributed by atoms with Crippen LogP contribution in [-0.4, -0.2) is 32.1 Å². The van der Waals surface area contributed by atoms with Crippen LogP contribution in [0.4, 0.5) is 0 Å². The summed E-state index contributed by atoms with van der Waals surface area (Å²) in [5.41, 5.74) is 5.32. The van der Waals surface area contributed by atoms with Gasteiger partial charge in [0.25, 0.3) is 5.91 Å². The van der Waals surface area contributed by atoms with E-state index in [2.05, 4.69) is 10.5 Å². The predicted octanol–water partition coefficient (Wildman–Crippen LogP) is 4.01. The molecule has 1 N–H and O–H groups in total. The van der Waals surface area contributed by atoms with E-state index in [-0.39, 0.29) is 19.3 Å². The van der Waals surface area contributed by atoms with E-state index in [1.807, 2.05) is 61.5 Å². The van der Waals surface area contributed by atoms with E-state index in [0.29, 0.717) is 35.2 Å². The van der Waals surface area contributed by atoms with Gasteiger partial charge in [0.15, 0.2) is 18.1 Å². The molecule has 3 aromatic carbocycles. The van der Waals surface area contributed by atoms with Crippen LogP contribution in [0.25, 0.3) is 11.1 Å². The van der Waals surface area contributed by atoms with E-state index >= 15 is 0 Å². The Hall–Kier alpha value is -4.00. The summed E-state index contributed by atoms with van der Waals surface area (Å²) >= 11 is 0. The van der Waals surface area contributed by atoms with Crippen molar-refractivity contribution in [2.45, 2.75) is 6.92 Å². The molecule has 7 nitrogen and oxygen atoms in total. The molecule has 0 aliphatic carbocycles. The van der Waals surface area contributed by atoms with Crippen molar-refractivity contribution in [3.8, 4) is 34.1 Å². The first-order chi connectivity index (χ1) is 15.2. The molecule has 0 saturated heterocycles. The minimum Gasteiger partial charge on any atom is -0.493 e. The molecule has 0 atom stereocenters. The number of amides is 1. The highest BCUT2D eigenvalue weighted by molar-refractivity contribution is 5.87. The third-order valence-corrected chi connectivity index (χ3v) is 4.53. The third kappa shape index (κ3) is 5.14. The summed E-state index contributed by atoms with van der Waals surface area (Å²) in [6.45, 7) is 2.39. The van der Waals surface area contributed by atoms with Gasteiger partial charge in [0.1, 0.15) is 11.5 Å². The highest BCUT2D eigenvalue weighted by Gasteiger charge is 2.17. The fourth-order valence-corrected chi connectivity index (χ4v) is 3.05. The normalized spacial score (nSPS) is 12.0. The van der Waals surface area contributed by atoms with Gasteiger partial charge in [-0.15, -0.1) is 0 Å². The molecule has 0 radical (unpaired) electrons. The molecule has 0 bridgehead atoms. The number of rotatable bonds is 8. The van der Waals surface area contributed by atoms with Gasteiger partial charge in [-0.3, -0.25) is 4.79 Å². The zero-order chi connectivity index (χ0) is 21.5. The molecule has 31 heavy (non-hydrogen) atoms. The number of hydrogen-bond acceptors (Lipinski definition) is 6. The minimum absolute atomic E-state index is 0.151. The van der Waals surface area contributed by atoms with Gasteiger partial charge in [-0.25, -0.2) is 5.43 Å². The first kappa shape index (κ1) is 20.3. The zero-order valence-corrected chi connectivity index (χ0v) is 17.0. The lowest BCUT2D eigenvalue weighted by Gasteiger charge is -2.08. The van der Waals surface area contributed by atoms with Crippen molar-refractivity contribution in [3.05, 3.63) is 72.3 Å². The third-order valence-electron chi connectivity index (χ3n) is 4.53. The Morgan fingerprint density at radius 3 is 2.45 bits per heavy atom. The second-order valence-corrected chi connectivity index (χ2v) is 6.65. The van der Waals surface area contributed by atoms with Gasteiger partial charge in [-0.1, -0.05) is 42.5 Å². The number of benzene rings is 3. The molecule has 158 valence electrons. The Bertz CT molecular complexity index is 1070. The molecule has 0 saturated carbocycles. The van der Waals surface area contributed by atoms with Crippen LogP contribution in [0.15, 0.2) is 71.8 Å². The van der Waals surface area contributed by atoms with Crippen molar-refractivity contribution in [1.82, 2.24) is 5.43 Å². The summed E-state index contributed by atoms with van der Waals surface area (Å²) in [4.78, 5) is 12.1. The Balaban J connectivity index is 1.31. The number of fused-ring (bicyclic) bond motifs is 1. The van der Waals surface area contributed by atoms with E-state index < -0.39 is 0 Å². The molecule has 0 fully saturated rings. The Morgan fingerprint density at radius 1 is 1.00 bits per heavy atom. The van der Waals surface area contributed by atoms with E-state index in [1.165, 1.54) is 6.21 Å². The average molecular weight is 418 g/mol. The van der Waals surface area contributed by atoms with Crippen molar-refractivity contribution in [2.75, 3.05) is 20.0 Å². The maximum absolute atomic E-state index is 12.1. The van der Waals surface area contributed by atoms with E-state index in [0.717, 1.165) is 11.1 Å². The summed E-state index contributed by atoms with van der Waals surface area (Å²) < 4.78 is 21.9. The Morgan fingerprint density at radius 2 is 1.71 bits per heavy atom. The number of nitrogens with zero attached hydrogens (tertiary/aromatic N) is 1. The Kier molecular flexibility index (Phi) is 6.32. The first-order valence-corrected chi connectivity index (χ1v) is 9.89. The summed E-state index contributed by atoms with van der Waals surface area (Å²) in [6.07, 6.45) is 1.50. The minimum atomic E-state index is -0.373. The molecule has 1 aliphatic rings. The van der Waals surface area contributed by atoms with Crippen LogP contribution in [-0.2, 0) is 4.79 Å². The van der Waals surface area contributed by atoms with Gasteiger partial charge in [-0.2, -0.15) is 5.10 Å². The molecule has 1 aliphatic heterocycles. The van der Waals surface area contributed by atoms with E-state index in [9.17, 15) is 4.79 Å². The first-order valence-electron chi connectivity index (χ1n) is 9.89. The van der Waals surface area contributed by atoms with Crippen LogP contribution in [0.2, 0.25) is 0 Å². The maximum Gasteiger partial charge on any atom is 0.277 e. The van der Waals surface area contributed by atoms with Crippen molar-refractivity contribution in [2.24, 2.45) is 5.10 Å². The monoisotopic (exact) mass is 418 g/mol. The number of hydrogen-bond donors (Lipinski definition) is 1. The lowest BCUT2D eigenvalue weighted by atomic mass is 10.1. The van der Waals surface area contributed by atoms with Gasteiger partial charge in [0.05, 0.1) is 12.8 Å². The van der Waals surface area contributed by atoms with Crippen molar-refractivity contribution in [1.29, 1.82) is 0 Å². The van der Waals surface area contributed by atoms with Crippen molar-refractivity contribution >= 4 is 12.1 Å². The van der Waals surface area contributed by atoms with Crippen molar-refractivity contribution in [3.63, 3.8) is 0 Å². The molecule has 0 unspecified atom stereocenters. The predicted molar refractivity (Wildman–Crippen MR) is 117 cm³/mol. The smallest absolute Gasteiger partial charge is 0.277 e. The van der Waals surface area contributed by atoms with Crippen LogP contribution < -0.4 is 24.4 Å². The second kappa shape index (κ2) is 9.67. The quantitative estimate of drug-likeness (QED) is 0.442. The van der Waals surface area contributed by atoms with Crippen LogP contribution in [0.3, 0.4) is 0 Å². The summed E-state index contributed by atoms with van der Waals surface area (Å²) in [5.74, 6) is 2.06. The number of carbonyl (C=O) groups excluding carboxylic acids is 1. The standard InChI is InChI=1S/C24H22N2O5/c1-2-28-21-13-23-22(30-16-31-23)12-19(21)14-25-26-24(27)15-29-20-10-8-18(9-11-20)17-6-4-3-5-7-17/h3-14H,2,15-16H2,1H3,(H,26,27)/b25-14-. The largest absolute Gasteiger partial charge is 0.493 e. The van der Waals surface area contributed by atoms with E-state index in [1.54, 1.807) is 12.1 Å². The summed E-state index contributed by atoms with van der Waals surface area (Å²) in [6, 6.07) is 21.1. The van der Waals surface area contributed by atoms with Crippen LogP contribution in [0.1, 0.15) is 12.5 Å². The number of nitrogens with one attached hydrogen (secondary N) is 1. The Labute approximate surface area is 180 Å². The van der Waals surface area contributed by atoms with Crippen LogP contribution in [0, 0.1) is 0 Å². The van der Waals surface area contributed by atoms with Crippen molar-refractivity contribution < 1.29 is 23.7 Å². The highest BCUT2D eigenvalue weighted by atomic mass is 16.7. The van der Waals surface area contributed by atoms with Gasteiger partial charge in [-0.05, 0) is 36.2 Å². The van der Waals surface area contributed by atoms with Gasteiger partial charge < -0.3 is 18.9 Å². The maximum atomic E-state index is 12.1. The fourth-order valence-electron chi connectivity index (χ4n) is 3.05.